The van der Waals surface area contributed by atoms with E-state index < -0.39 is 5.79 Å². The Morgan fingerprint density at radius 3 is 1.93 bits per heavy atom. The van der Waals surface area contributed by atoms with Crippen molar-refractivity contribution in [1.82, 2.24) is 0 Å². The van der Waals surface area contributed by atoms with Crippen LogP contribution < -0.4 is 0 Å². The summed E-state index contributed by atoms with van der Waals surface area (Å²) < 4.78 is 16.4. The van der Waals surface area contributed by atoms with E-state index in [2.05, 4.69) is 45.9 Å². The predicted molar refractivity (Wildman–Crippen MR) is 124 cm³/mol. The fourth-order valence-corrected chi connectivity index (χ4v) is 3.22. The molecule has 0 bridgehead atoms. The van der Waals surface area contributed by atoms with Crippen molar-refractivity contribution in [3.8, 4) is 0 Å². The summed E-state index contributed by atoms with van der Waals surface area (Å²) in [5.74, 6) is -0.900. The number of ether oxygens (including phenoxy) is 3. The van der Waals surface area contributed by atoms with Gasteiger partial charge in [0.05, 0.1) is 6.61 Å². The van der Waals surface area contributed by atoms with E-state index >= 15 is 0 Å². The van der Waals surface area contributed by atoms with E-state index in [0.29, 0.717) is 6.61 Å². The van der Waals surface area contributed by atoms with E-state index in [4.69, 9.17) is 14.2 Å². The van der Waals surface area contributed by atoms with Crippen molar-refractivity contribution in [3.63, 3.8) is 0 Å². The number of hydrogen-bond acceptors (Lipinski definition) is 4. The summed E-state index contributed by atoms with van der Waals surface area (Å²) in [6, 6.07) is 0. The monoisotopic (exact) mass is 418 g/mol. The minimum atomic E-state index is -0.590. The third kappa shape index (κ3) is 12.8. The molecule has 1 aliphatic heterocycles. The van der Waals surface area contributed by atoms with Gasteiger partial charge in [0.1, 0.15) is 12.7 Å². The molecule has 170 valence electrons. The molecule has 4 nitrogen and oxygen atoms in total. The van der Waals surface area contributed by atoms with Gasteiger partial charge < -0.3 is 14.2 Å². The first-order valence-corrected chi connectivity index (χ1v) is 11.2. The third-order valence-corrected chi connectivity index (χ3v) is 5.00. The highest BCUT2D eigenvalue weighted by molar-refractivity contribution is 5.82. The smallest absolute Gasteiger partial charge is 0.330 e. The Labute approximate surface area is 184 Å². The molecule has 1 saturated heterocycles. The van der Waals surface area contributed by atoms with Gasteiger partial charge in [-0.3, -0.25) is 0 Å². The SMILES string of the molecule is CC(C)=CCC/C(C)=C/CC/C(C)=C/CC/C(C)=C/C(=O)OC[C@@H]1COC(C)(C)O1. The van der Waals surface area contributed by atoms with Crippen LogP contribution in [0.15, 0.2) is 46.6 Å². The summed E-state index contributed by atoms with van der Waals surface area (Å²) in [5, 5.41) is 0. The summed E-state index contributed by atoms with van der Waals surface area (Å²) in [6.07, 6.45) is 14.6. The van der Waals surface area contributed by atoms with Gasteiger partial charge in [-0.2, -0.15) is 0 Å². The second-order valence-corrected chi connectivity index (χ2v) is 9.07. The highest BCUT2D eigenvalue weighted by atomic mass is 16.7. The first kappa shape index (κ1) is 26.4. The lowest BCUT2D eigenvalue weighted by molar-refractivity contribution is -0.154. The average Bonchev–Trinajstić information content (AvgIpc) is 2.98. The molecule has 1 atom stereocenters. The molecule has 1 fully saturated rings. The van der Waals surface area contributed by atoms with Crippen LogP contribution in [0, 0.1) is 0 Å². The lowest BCUT2D eigenvalue weighted by atomic mass is 10.0. The van der Waals surface area contributed by atoms with Crippen LogP contribution in [0.25, 0.3) is 0 Å². The maximum atomic E-state index is 12.0. The summed E-state index contributed by atoms with van der Waals surface area (Å²) in [4.78, 5) is 12.0. The maximum absolute atomic E-state index is 12.0. The largest absolute Gasteiger partial charge is 0.460 e. The van der Waals surface area contributed by atoms with Gasteiger partial charge in [0.25, 0.3) is 0 Å². The van der Waals surface area contributed by atoms with Crippen LogP contribution in [-0.2, 0) is 19.0 Å². The standard InChI is InChI=1S/C26H42O4/c1-20(2)11-8-12-21(3)13-9-14-22(4)15-10-16-23(5)17-25(27)28-18-24-19-29-26(6,7)30-24/h11,13,15,17,24H,8-10,12,14,16,18-19H2,1-7H3/b21-13+,22-15+,23-17+/t24-/m1/s1. The minimum absolute atomic E-state index is 0.187. The van der Waals surface area contributed by atoms with Crippen LogP contribution in [-0.4, -0.2) is 31.1 Å². The van der Waals surface area contributed by atoms with Crippen LogP contribution in [0.4, 0.5) is 0 Å². The van der Waals surface area contributed by atoms with Gasteiger partial charge in [-0.25, -0.2) is 4.79 Å². The molecule has 0 unspecified atom stereocenters. The van der Waals surface area contributed by atoms with E-state index in [9.17, 15) is 4.79 Å². The van der Waals surface area contributed by atoms with Crippen LogP contribution in [0.5, 0.6) is 0 Å². The van der Waals surface area contributed by atoms with Gasteiger partial charge in [0.15, 0.2) is 5.79 Å². The van der Waals surface area contributed by atoms with Crippen LogP contribution in [0.1, 0.15) is 87.0 Å². The fourth-order valence-electron chi connectivity index (χ4n) is 3.22. The number of esters is 1. The molecule has 0 N–H and O–H groups in total. The molecule has 0 aromatic carbocycles. The van der Waals surface area contributed by atoms with E-state index in [1.807, 2.05) is 20.8 Å². The number of allylic oxidation sites excluding steroid dienone is 7. The lowest BCUT2D eigenvalue weighted by Gasteiger charge is -2.16. The van der Waals surface area contributed by atoms with Gasteiger partial charge in [-0.05, 0) is 87.0 Å². The van der Waals surface area contributed by atoms with Crippen molar-refractivity contribution >= 4 is 5.97 Å². The van der Waals surface area contributed by atoms with Crippen LogP contribution in [0.3, 0.4) is 0 Å². The number of carbonyl (C=O) groups is 1. The molecular formula is C26H42O4. The van der Waals surface area contributed by atoms with Crippen molar-refractivity contribution < 1.29 is 19.0 Å². The molecule has 30 heavy (non-hydrogen) atoms. The lowest BCUT2D eigenvalue weighted by Crippen LogP contribution is -2.24. The summed E-state index contributed by atoms with van der Waals surface area (Å²) >= 11 is 0. The molecule has 0 amide bonds. The predicted octanol–water partition coefficient (Wildman–Crippen LogP) is 6.83. The number of rotatable bonds is 12. The van der Waals surface area contributed by atoms with Crippen molar-refractivity contribution in [2.45, 2.75) is 98.9 Å². The average molecular weight is 419 g/mol. The van der Waals surface area contributed by atoms with Gasteiger partial charge in [-0.1, -0.05) is 40.5 Å². The summed E-state index contributed by atoms with van der Waals surface area (Å²) in [6.45, 7) is 15.1. The summed E-state index contributed by atoms with van der Waals surface area (Å²) in [5.41, 5.74) is 5.29. The Bertz CT molecular complexity index is 661. The Balaban J connectivity index is 2.24. The van der Waals surface area contributed by atoms with Crippen molar-refractivity contribution in [2.24, 2.45) is 0 Å². The van der Waals surface area contributed by atoms with Crippen molar-refractivity contribution in [2.75, 3.05) is 13.2 Å². The molecular weight excluding hydrogens is 376 g/mol. The molecule has 0 saturated carbocycles. The van der Waals surface area contributed by atoms with E-state index in [0.717, 1.165) is 44.1 Å². The highest BCUT2D eigenvalue weighted by Crippen LogP contribution is 2.22. The first-order valence-electron chi connectivity index (χ1n) is 11.2. The van der Waals surface area contributed by atoms with E-state index in [1.165, 1.54) is 16.7 Å². The van der Waals surface area contributed by atoms with Crippen molar-refractivity contribution in [3.05, 3.63) is 46.6 Å². The molecule has 1 heterocycles. The van der Waals surface area contributed by atoms with Gasteiger partial charge in [-0.15, -0.1) is 0 Å². The Morgan fingerprint density at radius 1 is 0.900 bits per heavy atom. The van der Waals surface area contributed by atoms with Gasteiger partial charge in [0.2, 0.25) is 0 Å². The number of carbonyl (C=O) groups excluding carboxylic acids is 1. The number of hydrogen-bond donors (Lipinski definition) is 0. The van der Waals surface area contributed by atoms with Crippen LogP contribution in [0.2, 0.25) is 0 Å². The molecule has 1 rings (SSSR count). The minimum Gasteiger partial charge on any atom is -0.460 e. The Kier molecular flexibility index (Phi) is 12.0. The molecule has 0 spiro atoms. The molecule has 0 aromatic rings. The molecule has 1 aliphatic rings. The Morgan fingerprint density at radius 2 is 1.43 bits per heavy atom. The zero-order chi connectivity index (χ0) is 22.6. The molecule has 0 radical (unpaired) electrons. The van der Waals surface area contributed by atoms with E-state index in [-0.39, 0.29) is 18.7 Å². The highest BCUT2D eigenvalue weighted by Gasteiger charge is 2.33. The third-order valence-electron chi connectivity index (χ3n) is 5.00. The van der Waals surface area contributed by atoms with Crippen LogP contribution >= 0.6 is 0 Å². The Hall–Kier alpha value is -1.65. The quantitative estimate of drug-likeness (QED) is 0.198. The van der Waals surface area contributed by atoms with E-state index in [1.54, 1.807) is 6.08 Å². The normalized spacial score (nSPS) is 19.7. The summed E-state index contributed by atoms with van der Waals surface area (Å²) in [7, 11) is 0. The molecule has 4 heteroatoms. The second kappa shape index (κ2) is 13.6. The van der Waals surface area contributed by atoms with Gasteiger partial charge >= 0.3 is 5.97 Å². The zero-order valence-corrected chi connectivity index (χ0v) is 20.2. The fraction of sp³-hybridized carbons (Fsp3) is 0.654. The topological polar surface area (TPSA) is 44.8 Å². The zero-order valence-electron chi connectivity index (χ0n) is 20.2. The molecule has 0 aliphatic carbocycles. The van der Waals surface area contributed by atoms with Gasteiger partial charge in [0, 0.05) is 6.08 Å². The molecule has 0 aromatic heterocycles. The maximum Gasteiger partial charge on any atom is 0.330 e. The van der Waals surface area contributed by atoms with Crippen molar-refractivity contribution in [1.29, 1.82) is 0 Å². The first-order chi connectivity index (χ1) is 14.1. The second-order valence-electron chi connectivity index (χ2n) is 9.07.